The molecule has 1 aromatic heterocycles. The zero-order valence-electron chi connectivity index (χ0n) is 16.3. The molecule has 3 aliphatic rings. The molecular formula is C20H27N5O3. The van der Waals surface area contributed by atoms with Crippen LogP contribution in [0.15, 0.2) is 29.6 Å². The number of carbonyl (C=O) groups is 2. The molecule has 8 nitrogen and oxygen atoms in total. The van der Waals surface area contributed by atoms with Crippen molar-refractivity contribution in [1.82, 2.24) is 19.7 Å². The van der Waals surface area contributed by atoms with E-state index in [0.717, 1.165) is 51.0 Å². The van der Waals surface area contributed by atoms with Gasteiger partial charge in [-0.2, -0.15) is 0 Å². The summed E-state index contributed by atoms with van der Waals surface area (Å²) in [5.41, 5.74) is 0.686. The van der Waals surface area contributed by atoms with E-state index in [1.54, 1.807) is 18.1 Å². The van der Waals surface area contributed by atoms with Gasteiger partial charge in [-0.15, -0.1) is 0 Å². The first-order chi connectivity index (χ1) is 13.6. The summed E-state index contributed by atoms with van der Waals surface area (Å²) < 4.78 is 0. The smallest absolute Gasteiger partial charge is 0.320 e. The van der Waals surface area contributed by atoms with Crippen molar-refractivity contribution in [2.24, 2.45) is 5.16 Å². The molecule has 0 saturated carbocycles. The van der Waals surface area contributed by atoms with Crippen molar-refractivity contribution >= 4 is 17.6 Å². The Kier molecular flexibility index (Phi) is 5.19. The fourth-order valence-corrected chi connectivity index (χ4v) is 4.25. The van der Waals surface area contributed by atoms with E-state index >= 15 is 0 Å². The van der Waals surface area contributed by atoms with Gasteiger partial charge in [0.15, 0.2) is 5.60 Å². The zero-order chi connectivity index (χ0) is 19.6. The summed E-state index contributed by atoms with van der Waals surface area (Å²) in [6.07, 6.45) is 5.98. The molecule has 4 rings (SSSR count). The van der Waals surface area contributed by atoms with E-state index in [2.05, 4.69) is 10.1 Å². The van der Waals surface area contributed by atoms with Gasteiger partial charge >= 0.3 is 6.03 Å². The molecule has 4 heterocycles. The third kappa shape index (κ3) is 3.81. The molecule has 2 saturated heterocycles. The normalized spacial score (nSPS) is 24.2. The third-order valence-electron chi connectivity index (χ3n) is 5.74. The minimum atomic E-state index is -0.565. The van der Waals surface area contributed by atoms with E-state index in [1.165, 1.54) is 0 Å². The highest BCUT2D eigenvalue weighted by Gasteiger charge is 2.46. The molecule has 150 valence electrons. The Hall–Kier alpha value is -2.64. The van der Waals surface area contributed by atoms with Crippen molar-refractivity contribution in [2.75, 3.05) is 33.2 Å². The molecule has 0 bridgehead atoms. The minimum absolute atomic E-state index is 0.0900. The van der Waals surface area contributed by atoms with Crippen LogP contribution in [0.1, 0.15) is 37.8 Å². The van der Waals surface area contributed by atoms with Gasteiger partial charge in [0.1, 0.15) is 5.71 Å². The lowest BCUT2D eigenvalue weighted by molar-refractivity contribution is -0.123. The van der Waals surface area contributed by atoms with E-state index in [4.69, 9.17) is 4.84 Å². The Labute approximate surface area is 165 Å². The zero-order valence-corrected chi connectivity index (χ0v) is 16.3. The second-order valence-electron chi connectivity index (χ2n) is 7.97. The van der Waals surface area contributed by atoms with Gasteiger partial charge in [0, 0.05) is 39.3 Å². The van der Waals surface area contributed by atoms with Gasteiger partial charge in [0.05, 0.1) is 18.8 Å². The summed E-state index contributed by atoms with van der Waals surface area (Å²) in [6.45, 7) is 3.32. The SMILES string of the molecule is CN(Cc1ccccn1)C(=O)C1=NOC2(CCCN(C(=O)N3CCCC3)C2)C1. The van der Waals surface area contributed by atoms with Crippen molar-refractivity contribution < 1.29 is 14.4 Å². The number of aromatic nitrogens is 1. The number of urea groups is 1. The van der Waals surface area contributed by atoms with Crippen molar-refractivity contribution in [2.45, 2.75) is 44.2 Å². The van der Waals surface area contributed by atoms with E-state index in [9.17, 15) is 9.59 Å². The van der Waals surface area contributed by atoms with Crippen LogP contribution in [0.3, 0.4) is 0 Å². The highest BCUT2D eigenvalue weighted by Crippen LogP contribution is 2.34. The standard InChI is InChI=1S/C20H27N5O3/c1-23(14-16-7-2-3-9-21-16)18(26)17-13-20(28-22-17)8-6-12-25(15-20)19(27)24-10-4-5-11-24/h2-3,7,9H,4-6,8,10-15H2,1H3. The van der Waals surface area contributed by atoms with Gasteiger partial charge in [-0.25, -0.2) is 4.79 Å². The van der Waals surface area contributed by atoms with Gasteiger partial charge < -0.3 is 19.5 Å². The number of nitrogens with zero attached hydrogens (tertiary/aromatic N) is 5. The Morgan fingerprint density at radius 3 is 2.71 bits per heavy atom. The Bertz CT molecular complexity index is 762. The van der Waals surface area contributed by atoms with Gasteiger partial charge in [-0.05, 0) is 37.8 Å². The van der Waals surface area contributed by atoms with Crippen molar-refractivity contribution in [1.29, 1.82) is 0 Å². The van der Waals surface area contributed by atoms with Gasteiger partial charge in [0.2, 0.25) is 0 Å². The maximum atomic E-state index is 12.8. The van der Waals surface area contributed by atoms with E-state index in [-0.39, 0.29) is 11.9 Å². The summed E-state index contributed by atoms with van der Waals surface area (Å²) in [5.74, 6) is -0.148. The maximum Gasteiger partial charge on any atom is 0.320 e. The summed E-state index contributed by atoms with van der Waals surface area (Å²) in [6, 6.07) is 5.73. The number of amides is 3. The molecule has 1 unspecified atom stereocenters. The molecule has 1 atom stereocenters. The number of hydrogen-bond donors (Lipinski definition) is 0. The first-order valence-corrected chi connectivity index (χ1v) is 10.0. The first-order valence-electron chi connectivity index (χ1n) is 10.0. The fourth-order valence-electron chi connectivity index (χ4n) is 4.25. The number of carbonyl (C=O) groups excluding carboxylic acids is 2. The predicted octanol–water partition coefficient (Wildman–Crippen LogP) is 1.87. The lowest BCUT2D eigenvalue weighted by Crippen LogP contribution is -2.54. The molecule has 28 heavy (non-hydrogen) atoms. The van der Waals surface area contributed by atoms with Crippen LogP contribution < -0.4 is 0 Å². The summed E-state index contributed by atoms with van der Waals surface area (Å²) in [5, 5.41) is 4.12. The number of hydrogen-bond acceptors (Lipinski definition) is 5. The highest BCUT2D eigenvalue weighted by atomic mass is 16.7. The Balaban J connectivity index is 1.36. The van der Waals surface area contributed by atoms with Crippen LogP contribution >= 0.6 is 0 Å². The predicted molar refractivity (Wildman–Crippen MR) is 104 cm³/mol. The highest BCUT2D eigenvalue weighted by molar-refractivity contribution is 6.39. The lowest BCUT2D eigenvalue weighted by Gasteiger charge is -2.39. The third-order valence-corrected chi connectivity index (χ3v) is 5.74. The summed E-state index contributed by atoms with van der Waals surface area (Å²) in [4.78, 5) is 41.0. The van der Waals surface area contributed by atoms with Crippen molar-refractivity contribution in [3.05, 3.63) is 30.1 Å². The van der Waals surface area contributed by atoms with Crippen LogP contribution in [0.2, 0.25) is 0 Å². The van der Waals surface area contributed by atoms with Crippen LogP contribution in [0.5, 0.6) is 0 Å². The van der Waals surface area contributed by atoms with Crippen LogP contribution in [0.25, 0.3) is 0 Å². The molecular weight excluding hydrogens is 358 g/mol. The molecule has 0 aliphatic carbocycles. The molecule has 0 N–H and O–H groups in total. The minimum Gasteiger partial charge on any atom is -0.386 e. The van der Waals surface area contributed by atoms with Gasteiger partial charge in [-0.3, -0.25) is 9.78 Å². The second-order valence-corrected chi connectivity index (χ2v) is 7.97. The van der Waals surface area contributed by atoms with Gasteiger partial charge in [0.25, 0.3) is 5.91 Å². The number of piperidine rings is 1. The molecule has 0 radical (unpaired) electrons. The van der Waals surface area contributed by atoms with Crippen LogP contribution in [-0.2, 0) is 16.2 Å². The maximum absolute atomic E-state index is 12.8. The Morgan fingerprint density at radius 2 is 1.96 bits per heavy atom. The molecule has 2 fully saturated rings. The monoisotopic (exact) mass is 385 g/mol. The van der Waals surface area contributed by atoms with Crippen molar-refractivity contribution in [3.8, 4) is 0 Å². The van der Waals surface area contributed by atoms with E-state index in [1.807, 2.05) is 28.0 Å². The first kappa shape index (κ1) is 18.7. The lowest BCUT2D eigenvalue weighted by atomic mass is 9.88. The molecule has 3 aliphatic heterocycles. The quantitative estimate of drug-likeness (QED) is 0.796. The Morgan fingerprint density at radius 1 is 1.18 bits per heavy atom. The van der Waals surface area contributed by atoms with Crippen LogP contribution in [0.4, 0.5) is 4.79 Å². The largest absolute Gasteiger partial charge is 0.386 e. The van der Waals surface area contributed by atoms with E-state index in [0.29, 0.717) is 25.2 Å². The van der Waals surface area contributed by atoms with Crippen LogP contribution in [0, 0.1) is 0 Å². The summed E-state index contributed by atoms with van der Waals surface area (Å²) in [7, 11) is 1.74. The van der Waals surface area contributed by atoms with Crippen molar-refractivity contribution in [3.63, 3.8) is 0 Å². The number of oxime groups is 1. The molecule has 0 aromatic carbocycles. The summed E-state index contributed by atoms with van der Waals surface area (Å²) >= 11 is 0. The number of likely N-dealkylation sites (tertiary alicyclic amines) is 2. The second kappa shape index (κ2) is 7.77. The molecule has 3 amide bonds. The van der Waals surface area contributed by atoms with E-state index < -0.39 is 5.60 Å². The molecule has 1 spiro atoms. The fraction of sp³-hybridized carbons (Fsp3) is 0.600. The van der Waals surface area contributed by atoms with Crippen LogP contribution in [-0.4, -0.2) is 76.2 Å². The van der Waals surface area contributed by atoms with Gasteiger partial charge in [-0.1, -0.05) is 11.2 Å². The average Bonchev–Trinajstić information content (AvgIpc) is 3.38. The molecule has 8 heteroatoms. The number of rotatable bonds is 3. The molecule has 1 aromatic rings. The average molecular weight is 385 g/mol. The topological polar surface area (TPSA) is 78.3 Å². The number of pyridine rings is 1.